The van der Waals surface area contributed by atoms with Gasteiger partial charge in [-0.1, -0.05) is 30.3 Å². The molecule has 7 nitrogen and oxygen atoms in total. The molecule has 1 heterocycles. The molecule has 0 fully saturated rings. The second kappa shape index (κ2) is 8.45. The smallest absolute Gasteiger partial charge is 0.338 e. The molecule has 4 N–H and O–H groups in total. The van der Waals surface area contributed by atoms with E-state index in [1.165, 1.54) is 12.1 Å². The summed E-state index contributed by atoms with van der Waals surface area (Å²) in [5, 5.41) is 12.9. The van der Waals surface area contributed by atoms with Crippen LogP contribution in [0, 0.1) is 0 Å². The second-order valence-electron chi connectivity index (χ2n) is 6.43. The Morgan fingerprint density at radius 1 is 1.21 bits per heavy atom. The van der Waals surface area contributed by atoms with Gasteiger partial charge in [0, 0.05) is 19.0 Å². The number of nitrogens with two attached hydrogens (primary N) is 1. The lowest BCUT2D eigenvalue weighted by Crippen LogP contribution is -2.20. The van der Waals surface area contributed by atoms with Crippen molar-refractivity contribution in [1.82, 2.24) is 0 Å². The van der Waals surface area contributed by atoms with Gasteiger partial charge in [0.05, 0.1) is 34.8 Å². The van der Waals surface area contributed by atoms with Crippen LogP contribution in [0.1, 0.15) is 27.4 Å². The third-order valence-corrected chi connectivity index (χ3v) is 6.20. The maximum absolute atomic E-state index is 12.8. The molecule has 0 amide bonds. The van der Waals surface area contributed by atoms with Crippen LogP contribution in [0.2, 0.25) is 0 Å². The lowest BCUT2D eigenvalue weighted by Gasteiger charge is -2.20. The normalized spacial score (nSPS) is 16.0. The highest BCUT2D eigenvalue weighted by Gasteiger charge is 2.27. The van der Waals surface area contributed by atoms with Crippen molar-refractivity contribution in [2.75, 3.05) is 25.0 Å². The maximum atomic E-state index is 12.8. The Morgan fingerprint density at radius 3 is 2.57 bits per heavy atom. The highest BCUT2D eigenvalue weighted by atomic mass is 32.2. The molecule has 0 radical (unpaired) electrons. The molecule has 1 aliphatic rings. The molecule has 1 unspecified atom stereocenters. The molecule has 0 bridgehead atoms. The van der Waals surface area contributed by atoms with Crippen molar-refractivity contribution in [1.29, 1.82) is 0 Å². The van der Waals surface area contributed by atoms with Crippen LogP contribution in [-0.4, -0.2) is 39.2 Å². The Kier molecular flexibility index (Phi) is 6.01. The van der Waals surface area contributed by atoms with Gasteiger partial charge in [-0.2, -0.15) is 0 Å². The fourth-order valence-corrected chi connectivity index (χ4v) is 4.59. The SMILES string of the molecule is NCCNc1c(C2C=COC2)ccc(CS(=O)(=O)c2ccccc2)c1C(=O)O. The van der Waals surface area contributed by atoms with Crippen LogP contribution < -0.4 is 11.1 Å². The molecule has 2 aromatic carbocycles. The van der Waals surface area contributed by atoms with Crippen LogP contribution >= 0.6 is 0 Å². The van der Waals surface area contributed by atoms with Gasteiger partial charge in [-0.15, -0.1) is 0 Å². The van der Waals surface area contributed by atoms with Gasteiger partial charge in [0.15, 0.2) is 9.84 Å². The van der Waals surface area contributed by atoms with Crippen molar-refractivity contribution < 1.29 is 23.1 Å². The number of carboxylic acid groups (broad SMARTS) is 1. The molecular formula is C20H22N2O5S. The van der Waals surface area contributed by atoms with E-state index in [-0.39, 0.29) is 21.9 Å². The number of benzene rings is 2. The second-order valence-corrected chi connectivity index (χ2v) is 8.41. The van der Waals surface area contributed by atoms with Crippen LogP contribution in [0.4, 0.5) is 5.69 Å². The number of ether oxygens (including phenoxy) is 1. The van der Waals surface area contributed by atoms with Crippen LogP contribution in [0.15, 0.2) is 59.7 Å². The first-order chi connectivity index (χ1) is 13.4. The molecule has 0 saturated carbocycles. The highest BCUT2D eigenvalue weighted by Crippen LogP contribution is 2.35. The minimum absolute atomic E-state index is 0.0502. The summed E-state index contributed by atoms with van der Waals surface area (Å²) < 4.78 is 30.8. The first-order valence-corrected chi connectivity index (χ1v) is 10.5. The standard InChI is InChI=1S/C20H22N2O5S/c21-9-10-22-19-17(14-8-11-27-12-14)7-6-15(18(19)20(23)24)13-28(25,26)16-4-2-1-3-5-16/h1-8,11,14,22H,9-10,12-13,21H2,(H,23,24). The largest absolute Gasteiger partial charge is 0.501 e. The summed E-state index contributed by atoms with van der Waals surface area (Å²) in [6, 6.07) is 11.3. The zero-order valence-electron chi connectivity index (χ0n) is 15.2. The summed E-state index contributed by atoms with van der Waals surface area (Å²) in [5.74, 6) is -1.71. The van der Waals surface area contributed by atoms with E-state index >= 15 is 0 Å². The number of sulfone groups is 1. The monoisotopic (exact) mass is 402 g/mol. The van der Waals surface area contributed by atoms with Gasteiger partial charge in [0.25, 0.3) is 0 Å². The number of hydrogen-bond acceptors (Lipinski definition) is 6. The predicted octanol–water partition coefficient (Wildman–Crippen LogP) is 2.36. The van der Waals surface area contributed by atoms with Gasteiger partial charge in [-0.05, 0) is 29.3 Å². The first kappa shape index (κ1) is 19.9. The average molecular weight is 402 g/mol. The number of hydrogen-bond donors (Lipinski definition) is 3. The summed E-state index contributed by atoms with van der Waals surface area (Å²) >= 11 is 0. The minimum Gasteiger partial charge on any atom is -0.501 e. The number of aromatic carboxylic acids is 1. The van der Waals surface area contributed by atoms with Crippen LogP contribution in [0.5, 0.6) is 0 Å². The van der Waals surface area contributed by atoms with E-state index in [1.54, 1.807) is 36.6 Å². The molecule has 1 aliphatic heterocycles. The van der Waals surface area contributed by atoms with Crippen molar-refractivity contribution in [2.45, 2.75) is 16.6 Å². The Hall–Kier alpha value is -2.84. The van der Waals surface area contributed by atoms with Gasteiger partial charge < -0.3 is 20.9 Å². The fraction of sp³-hybridized carbons (Fsp3) is 0.250. The predicted molar refractivity (Wildman–Crippen MR) is 106 cm³/mol. The van der Waals surface area contributed by atoms with E-state index in [0.717, 1.165) is 5.56 Å². The lowest BCUT2D eigenvalue weighted by molar-refractivity contribution is 0.0697. The minimum atomic E-state index is -3.69. The number of rotatable bonds is 8. The number of carbonyl (C=O) groups is 1. The lowest BCUT2D eigenvalue weighted by atomic mass is 9.93. The van der Waals surface area contributed by atoms with Gasteiger partial charge >= 0.3 is 5.97 Å². The average Bonchev–Trinajstić information content (AvgIpc) is 3.21. The van der Waals surface area contributed by atoms with Gasteiger partial charge in [-0.25, -0.2) is 13.2 Å². The van der Waals surface area contributed by atoms with E-state index in [4.69, 9.17) is 10.5 Å². The van der Waals surface area contributed by atoms with Crippen molar-refractivity contribution in [3.05, 3.63) is 71.5 Å². The van der Waals surface area contributed by atoms with Gasteiger partial charge in [-0.3, -0.25) is 0 Å². The van der Waals surface area contributed by atoms with Crippen molar-refractivity contribution in [2.24, 2.45) is 5.73 Å². The van der Waals surface area contributed by atoms with Gasteiger partial charge in [0.1, 0.15) is 0 Å². The quantitative estimate of drug-likeness (QED) is 0.620. The third-order valence-electron chi connectivity index (χ3n) is 4.51. The molecule has 8 heteroatoms. The van der Waals surface area contributed by atoms with Crippen molar-refractivity contribution in [3.8, 4) is 0 Å². The first-order valence-electron chi connectivity index (χ1n) is 8.83. The van der Waals surface area contributed by atoms with Crippen LogP contribution in [0.25, 0.3) is 0 Å². The summed E-state index contributed by atoms with van der Waals surface area (Å²) in [4.78, 5) is 12.2. The number of anilines is 1. The Labute approximate surface area is 163 Å². The Morgan fingerprint density at radius 2 is 1.96 bits per heavy atom. The van der Waals surface area contributed by atoms with Crippen LogP contribution in [-0.2, 0) is 20.3 Å². The van der Waals surface area contributed by atoms with E-state index in [2.05, 4.69) is 5.32 Å². The zero-order valence-corrected chi connectivity index (χ0v) is 16.0. The van der Waals surface area contributed by atoms with Gasteiger partial charge in [0.2, 0.25) is 0 Å². The molecule has 0 spiro atoms. The third kappa shape index (κ3) is 4.18. The highest BCUT2D eigenvalue weighted by molar-refractivity contribution is 7.90. The molecule has 0 saturated heterocycles. The number of carboxylic acids is 1. The molecule has 0 aliphatic carbocycles. The summed E-state index contributed by atoms with van der Waals surface area (Å²) in [5.41, 5.74) is 6.88. The fourth-order valence-electron chi connectivity index (χ4n) is 3.20. The maximum Gasteiger partial charge on any atom is 0.338 e. The summed E-state index contributed by atoms with van der Waals surface area (Å²) in [6.45, 7) is 1.07. The summed E-state index contributed by atoms with van der Waals surface area (Å²) in [7, 11) is -3.69. The molecule has 148 valence electrons. The Bertz CT molecular complexity index is 987. The number of nitrogens with one attached hydrogen (secondary N) is 1. The Balaban J connectivity index is 2.08. The molecule has 0 aromatic heterocycles. The van der Waals surface area contributed by atoms with Crippen LogP contribution in [0.3, 0.4) is 0 Å². The molecule has 2 aromatic rings. The van der Waals surface area contributed by atoms with E-state index < -0.39 is 21.6 Å². The van der Waals surface area contributed by atoms with E-state index in [9.17, 15) is 18.3 Å². The van der Waals surface area contributed by atoms with Crippen molar-refractivity contribution >= 4 is 21.5 Å². The topological polar surface area (TPSA) is 119 Å². The molecule has 28 heavy (non-hydrogen) atoms. The van der Waals surface area contributed by atoms with E-state index in [1.807, 2.05) is 6.08 Å². The molecule has 1 atom stereocenters. The van der Waals surface area contributed by atoms with E-state index in [0.29, 0.717) is 25.4 Å². The van der Waals surface area contributed by atoms with Crippen molar-refractivity contribution in [3.63, 3.8) is 0 Å². The summed E-state index contributed by atoms with van der Waals surface area (Å²) in [6.07, 6.45) is 3.42. The molecular weight excluding hydrogens is 380 g/mol. The molecule has 3 rings (SSSR count). The zero-order chi connectivity index (χ0) is 20.1.